The Labute approximate surface area is 115 Å². The van der Waals surface area contributed by atoms with Gasteiger partial charge < -0.3 is 14.7 Å². The van der Waals surface area contributed by atoms with Crippen molar-refractivity contribution in [2.45, 2.75) is 18.9 Å². The molecule has 1 heterocycles. The quantitative estimate of drug-likeness (QED) is 0.663. The number of benzene rings is 1. The van der Waals surface area contributed by atoms with Gasteiger partial charge >= 0.3 is 0 Å². The third-order valence-electron chi connectivity index (χ3n) is 3.36. The lowest BCUT2D eigenvalue weighted by atomic mass is 10.1. The first kappa shape index (κ1) is 14.3. The molecule has 7 nitrogen and oxygen atoms in total. The Balaban J connectivity index is 2.33. The molecule has 20 heavy (non-hydrogen) atoms. The molecule has 0 radical (unpaired) electrons. The van der Waals surface area contributed by atoms with E-state index < -0.39 is 10.5 Å². The first-order valence-electron chi connectivity index (χ1n) is 6.18. The minimum absolute atomic E-state index is 0.138. The molecule has 7 heteroatoms. The van der Waals surface area contributed by atoms with E-state index in [1.807, 2.05) is 0 Å². The van der Waals surface area contributed by atoms with Gasteiger partial charge in [0.1, 0.15) is 5.75 Å². The van der Waals surface area contributed by atoms with Gasteiger partial charge in [0.05, 0.1) is 23.2 Å². The van der Waals surface area contributed by atoms with Gasteiger partial charge in [-0.2, -0.15) is 0 Å². The minimum Gasteiger partial charge on any atom is -0.496 e. The van der Waals surface area contributed by atoms with Crippen LogP contribution in [-0.4, -0.2) is 46.6 Å². The van der Waals surface area contributed by atoms with Crippen LogP contribution >= 0.6 is 0 Å². The van der Waals surface area contributed by atoms with Gasteiger partial charge in [-0.05, 0) is 19.4 Å². The van der Waals surface area contributed by atoms with E-state index in [1.54, 1.807) is 6.92 Å². The van der Waals surface area contributed by atoms with Crippen molar-refractivity contribution in [3.8, 4) is 5.75 Å². The predicted octanol–water partition coefficient (Wildman–Crippen LogP) is 1.20. The molecule has 1 aliphatic heterocycles. The van der Waals surface area contributed by atoms with E-state index in [0.29, 0.717) is 13.0 Å². The average molecular weight is 280 g/mol. The lowest BCUT2D eigenvalue weighted by molar-refractivity contribution is -0.384. The molecule has 1 aliphatic rings. The van der Waals surface area contributed by atoms with Crippen LogP contribution in [-0.2, 0) is 0 Å². The van der Waals surface area contributed by atoms with E-state index >= 15 is 0 Å². The number of rotatable bonds is 3. The summed E-state index contributed by atoms with van der Waals surface area (Å²) in [5.74, 6) is -0.0875. The Morgan fingerprint density at radius 3 is 2.75 bits per heavy atom. The molecule has 1 unspecified atom stereocenters. The molecule has 1 atom stereocenters. The molecule has 1 N–H and O–H groups in total. The smallest absolute Gasteiger partial charge is 0.270 e. The van der Waals surface area contributed by atoms with Crippen molar-refractivity contribution >= 4 is 11.6 Å². The number of nitrogens with zero attached hydrogens (tertiary/aromatic N) is 2. The van der Waals surface area contributed by atoms with Crippen LogP contribution in [0.2, 0.25) is 0 Å². The van der Waals surface area contributed by atoms with Gasteiger partial charge in [-0.15, -0.1) is 0 Å². The standard InChI is InChI=1S/C13H16N2O5/c1-13(17)5-6-14(8-13)12(16)10-7-9(15(18)19)3-4-11(10)20-2/h3-4,7,17H,5-6,8H2,1-2H3. The second-order valence-electron chi connectivity index (χ2n) is 5.12. The van der Waals surface area contributed by atoms with Crippen LogP contribution in [0.3, 0.4) is 0 Å². The van der Waals surface area contributed by atoms with Crippen LogP contribution in [0, 0.1) is 10.1 Å². The zero-order valence-electron chi connectivity index (χ0n) is 11.3. The number of non-ortho nitro benzene ring substituents is 1. The van der Waals surface area contributed by atoms with Gasteiger partial charge in [0, 0.05) is 25.2 Å². The van der Waals surface area contributed by atoms with Crippen molar-refractivity contribution in [1.82, 2.24) is 4.90 Å². The fourth-order valence-electron chi connectivity index (χ4n) is 2.27. The monoisotopic (exact) mass is 280 g/mol. The predicted molar refractivity (Wildman–Crippen MR) is 70.8 cm³/mol. The van der Waals surface area contributed by atoms with Crippen molar-refractivity contribution in [2.24, 2.45) is 0 Å². The van der Waals surface area contributed by atoms with E-state index in [1.165, 1.54) is 30.2 Å². The summed E-state index contributed by atoms with van der Waals surface area (Å²) in [5, 5.41) is 20.7. The maximum atomic E-state index is 12.4. The fraction of sp³-hybridized carbons (Fsp3) is 0.462. The molecule has 1 aromatic carbocycles. The van der Waals surface area contributed by atoms with E-state index in [-0.39, 0.29) is 29.5 Å². The molecule has 1 saturated heterocycles. The van der Waals surface area contributed by atoms with Crippen molar-refractivity contribution in [2.75, 3.05) is 20.2 Å². The first-order chi connectivity index (χ1) is 9.34. The Morgan fingerprint density at radius 1 is 1.55 bits per heavy atom. The molecule has 0 aliphatic carbocycles. The maximum Gasteiger partial charge on any atom is 0.270 e. The average Bonchev–Trinajstić information content (AvgIpc) is 2.77. The van der Waals surface area contributed by atoms with Crippen molar-refractivity contribution in [3.05, 3.63) is 33.9 Å². The van der Waals surface area contributed by atoms with Gasteiger partial charge in [-0.25, -0.2) is 0 Å². The highest BCUT2D eigenvalue weighted by Gasteiger charge is 2.35. The summed E-state index contributed by atoms with van der Waals surface area (Å²) >= 11 is 0. The molecular weight excluding hydrogens is 264 g/mol. The third kappa shape index (κ3) is 2.72. The summed E-state index contributed by atoms with van der Waals surface area (Å²) in [6.07, 6.45) is 0.482. The highest BCUT2D eigenvalue weighted by molar-refractivity contribution is 5.97. The number of likely N-dealkylation sites (tertiary alicyclic amines) is 1. The topological polar surface area (TPSA) is 92.9 Å². The summed E-state index contributed by atoms with van der Waals surface area (Å²) in [4.78, 5) is 24.1. The maximum absolute atomic E-state index is 12.4. The number of carbonyl (C=O) groups is 1. The second-order valence-corrected chi connectivity index (χ2v) is 5.12. The molecule has 0 bridgehead atoms. The third-order valence-corrected chi connectivity index (χ3v) is 3.36. The number of hydrogen-bond donors (Lipinski definition) is 1. The summed E-state index contributed by atoms with van der Waals surface area (Å²) in [5.41, 5.74) is -0.941. The number of aliphatic hydroxyl groups is 1. The van der Waals surface area contributed by atoms with E-state index in [0.717, 1.165) is 0 Å². The molecule has 0 spiro atoms. The van der Waals surface area contributed by atoms with Crippen LogP contribution < -0.4 is 4.74 Å². The fourth-order valence-corrected chi connectivity index (χ4v) is 2.27. The number of amides is 1. The zero-order valence-corrected chi connectivity index (χ0v) is 11.3. The molecule has 0 saturated carbocycles. The van der Waals surface area contributed by atoms with Gasteiger partial charge in [-0.3, -0.25) is 14.9 Å². The number of nitro groups is 1. The van der Waals surface area contributed by atoms with Crippen LogP contribution in [0.4, 0.5) is 5.69 Å². The molecule has 1 aromatic rings. The number of β-amino-alcohol motifs (C(OH)–C–C–N with tert-alkyl or cyclic N) is 1. The summed E-state index contributed by atoms with van der Waals surface area (Å²) in [6, 6.07) is 3.89. The van der Waals surface area contributed by atoms with Crippen molar-refractivity contribution < 1.29 is 19.6 Å². The Hall–Kier alpha value is -2.15. The lowest BCUT2D eigenvalue weighted by Crippen LogP contribution is -2.34. The van der Waals surface area contributed by atoms with Crippen LogP contribution in [0.5, 0.6) is 5.75 Å². The van der Waals surface area contributed by atoms with Gasteiger partial charge in [0.2, 0.25) is 0 Å². The van der Waals surface area contributed by atoms with Gasteiger partial charge in [-0.1, -0.05) is 0 Å². The van der Waals surface area contributed by atoms with Crippen LogP contribution in [0.25, 0.3) is 0 Å². The molecule has 2 rings (SSSR count). The first-order valence-corrected chi connectivity index (χ1v) is 6.18. The van der Waals surface area contributed by atoms with E-state index in [2.05, 4.69) is 0 Å². The number of methoxy groups -OCH3 is 1. The number of hydrogen-bond acceptors (Lipinski definition) is 5. The number of ether oxygens (including phenoxy) is 1. The largest absolute Gasteiger partial charge is 0.496 e. The highest BCUT2D eigenvalue weighted by atomic mass is 16.6. The van der Waals surface area contributed by atoms with Crippen LogP contribution in [0.1, 0.15) is 23.7 Å². The molecule has 108 valence electrons. The van der Waals surface area contributed by atoms with Crippen molar-refractivity contribution in [1.29, 1.82) is 0 Å². The Kier molecular flexibility index (Phi) is 3.63. The highest BCUT2D eigenvalue weighted by Crippen LogP contribution is 2.28. The summed E-state index contributed by atoms with van der Waals surface area (Å²) in [7, 11) is 1.40. The number of carbonyl (C=O) groups excluding carboxylic acids is 1. The Morgan fingerprint density at radius 2 is 2.25 bits per heavy atom. The lowest BCUT2D eigenvalue weighted by Gasteiger charge is -2.20. The van der Waals surface area contributed by atoms with Gasteiger partial charge in [0.25, 0.3) is 11.6 Å². The Bertz CT molecular complexity index is 556. The summed E-state index contributed by atoms with van der Waals surface area (Å²) < 4.78 is 5.08. The minimum atomic E-state index is -0.913. The normalized spacial score (nSPS) is 21.9. The van der Waals surface area contributed by atoms with Crippen molar-refractivity contribution in [3.63, 3.8) is 0 Å². The second kappa shape index (κ2) is 5.09. The number of nitro benzene ring substituents is 1. The molecule has 1 fully saturated rings. The SMILES string of the molecule is COc1ccc([N+](=O)[O-])cc1C(=O)N1CCC(C)(O)C1. The molecule has 0 aromatic heterocycles. The molecule has 1 amide bonds. The molecular formula is C13H16N2O5. The zero-order chi connectivity index (χ0) is 14.9. The summed E-state index contributed by atoms with van der Waals surface area (Å²) in [6.45, 7) is 2.28. The van der Waals surface area contributed by atoms with E-state index in [9.17, 15) is 20.0 Å². The van der Waals surface area contributed by atoms with Gasteiger partial charge in [0.15, 0.2) is 0 Å². The van der Waals surface area contributed by atoms with E-state index in [4.69, 9.17) is 4.74 Å². The van der Waals surface area contributed by atoms with Crippen LogP contribution in [0.15, 0.2) is 18.2 Å².